The molecule has 0 aliphatic carbocycles. The molecule has 0 bridgehead atoms. The van der Waals surface area contributed by atoms with E-state index < -0.39 is 0 Å². The van der Waals surface area contributed by atoms with Crippen LogP contribution in [-0.4, -0.2) is 12.5 Å². The van der Waals surface area contributed by atoms with E-state index in [1.54, 1.807) is 0 Å². The maximum absolute atomic E-state index is 11.8. The highest BCUT2D eigenvalue weighted by atomic mass is 79.9. The summed E-state index contributed by atoms with van der Waals surface area (Å²) in [6, 6.07) is 13.6. The number of nitrogens with one attached hydrogen (secondary N) is 1. The van der Waals surface area contributed by atoms with Crippen LogP contribution >= 0.6 is 15.9 Å². The minimum Gasteiger partial charge on any atom is -0.493 e. The van der Waals surface area contributed by atoms with Gasteiger partial charge in [0, 0.05) is 16.6 Å². The molecular weight excluding hydrogens is 342 g/mol. The second-order valence-corrected chi connectivity index (χ2v) is 6.19. The molecule has 22 heavy (non-hydrogen) atoms. The molecule has 116 valence electrons. The molecule has 0 atom stereocenters. The van der Waals surface area contributed by atoms with E-state index in [0.717, 1.165) is 21.5 Å². The Bertz CT molecular complexity index is 638. The number of halogens is 1. The van der Waals surface area contributed by atoms with Gasteiger partial charge in [0.1, 0.15) is 5.75 Å². The average molecular weight is 362 g/mol. The van der Waals surface area contributed by atoms with Crippen LogP contribution in [0.4, 0.5) is 5.69 Å². The Labute approximate surface area is 139 Å². The van der Waals surface area contributed by atoms with E-state index >= 15 is 0 Å². The summed E-state index contributed by atoms with van der Waals surface area (Å²) in [4.78, 5) is 11.8. The van der Waals surface area contributed by atoms with Crippen LogP contribution in [0.5, 0.6) is 5.75 Å². The highest BCUT2D eigenvalue weighted by Crippen LogP contribution is 2.19. The first-order valence-corrected chi connectivity index (χ1v) is 8.09. The lowest BCUT2D eigenvalue weighted by Crippen LogP contribution is -2.12. The summed E-state index contributed by atoms with van der Waals surface area (Å²) in [5.74, 6) is 0.894. The molecule has 2 aromatic rings. The molecule has 0 saturated heterocycles. The van der Waals surface area contributed by atoms with Gasteiger partial charge >= 0.3 is 0 Å². The minimum atomic E-state index is 0.00607. The SMILES string of the molecule is Cc1ccc(OCCCC(=O)Nc2ccc(Br)cc2)c(C)c1. The summed E-state index contributed by atoms with van der Waals surface area (Å²) in [6.07, 6.45) is 1.14. The van der Waals surface area contributed by atoms with Crippen LogP contribution in [0.1, 0.15) is 24.0 Å². The Balaban J connectivity index is 1.72. The number of hydrogen-bond acceptors (Lipinski definition) is 2. The average Bonchev–Trinajstić information content (AvgIpc) is 2.48. The summed E-state index contributed by atoms with van der Waals surface area (Å²) in [5, 5.41) is 2.87. The van der Waals surface area contributed by atoms with E-state index in [4.69, 9.17) is 4.74 Å². The molecule has 0 saturated carbocycles. The number of ether oxygens (including phenoxy) is 1. The number of amides is 1. The van der Waals surface area contributed by atoms with Gasteiger partial charge in [-0.2, -0.15) is 0 Å². The smallest absolute Gasteiger partial charge is 0.224 e. The fourth-order valence-corrected chi connectivity index (χ4v) is 2.40. The zero-order valence-electron chi connectivity index (χ0n) is 12.9. The molecule has 4 heteroatoms. The van der Waals surface area contributed by atoms with Crippen LogP contribution in [0.3, 0.4) is 0 Å². The molecule has 2 aromatic carbocycles. The molecular formula is C18H20BrNO2. The van der Waals surface area contributed by atoms with E-state index in [1.807, 2.05) is 43.3 Å². The number of aryl methyl sites for hydroxylation is 2. The van der Waals surface area contributed by atoms with E-state index in [-0.39, 0.29) is 5.91 Å². The summed E-state index contributed by atoms with van der Waals surface area (Å²) >= 11 is 3.37. The van der Waals surface area contributed by atoms with Crippen LogP contribution in [-0.2, 0) is 4.79 Å². The van der Waals surface area contributed by atoms with Crippen molar-refractivity contribution >= 4 is 27.5 Å². The monoisotopic (exact) mass is 361 g/mol. The molecule has 1 N–H and O–H groups in total. The van der Waals surface area contributed by atoms with Crippen LogP contribution in [0, 0.1) is 13.8 Å². The third-order valence-electron chi connectivity index (χ3n) is 3.26. The van der Waals surface area contributed by atoms with Crippen molar-refractivity contribution in [3.63, 3.8) is 0 Å². The topological polar surface area (TPSA) is 38.3 Å². The zero-order chi connectivity index (χ0) is 15.9. The number of anilines is 1. The largest absolute Gasteiger partial charge is 0.493 e. The van der Waals surface area contributed by atoms with Gasteiger partial charge < -0.3 is 10.1 Å². The first-order chi connectivity index (χ1) is 10.5. The van der Waals surface area contributed by atoms with Crippen LogP contribution in [0.25, 0.3) is 0 Å². The van der Waals surface area contributed by atoms with Gasteiger partial charge in [-0.3, -0.25) is 4.79 Å². The summed E-state index contributed by atoms with van der Waals surface area (Å²) < 4.78 is 6.71. The van der Waals surface area contributed by atoms with Gasteiger partial charge in [-0.15, -0.1) is 0 Å². The second kappa shape index (κ2) is 7.99. The van der Waals surface area contributed by atoms with Crippen LogP contribution in [0.15, 0.2) is 46.9 Å². The molecule has 0 spiro atoms. The lowest BCUT2D eigenvalue weighted by Gasteiger charge is -2.10. The van der Waals surface area contributed by atoms with Gasteiger partial charge in [-0.05, 0) is 56.2 Å². The Morgan fingerprint density at radius 1 is 1.14 bits per heavy atom. The third kappa shape index (κ3) is 5.19. The summed E-state index contributed by atoms with van der Waals surface area (Å²) in [5.41, 5.74) is 3.15. The molecule has 0 aliphatic heterocycles. The van der Waals surface area contributed by atoms with Crippen LogP contribution < -0.4 is 10.1 Å². The van der Waals surface area contributed by atoms with Gasteiger partial charge in [-0.1, -0.05) is 33.6 Å². The third-order valence-corrected chi connectivity index (χ3v) is 3.79. The number of rotatable bonds is 6. The summed E-state index contributed by atoms with van der Waals surface area (Å²) in [7, 11) is 0. The highest BCUT2D eigenvalue weighted by molar-refractivity contribution is 9.10. The van der Waals surface area contributed by atoms with E-state index in [2.05, 4.69) is 34.2 Å². The lowest BCUT2D eigenvalue weighted by molar-refractivity contribution is -0.116. The van der Waals surface area contributed by atoms with Crippen molar-refractivity contribution in [3.05, 3.63) is 58.1 Å². The molecule has 0 aliphatic rings. The quantitative estimate of drug-likeness (QED) is 0.745. The number of hydrogen-bond donors (Lipinski definition) is 1. The van der Waals surface area contributed by atoms with E-state index in [9.17, 15) is 4.79 Å². The minimum absolute atomic E-state index is 0.00607. The van der Waals surface area contributed by atoms with Gasteiger partial charge in [0.05, 0.1) is 6.61 Å². The molecule has 2 rings (SSSR count). The Hall–Kier alpha value is -1.81. The van der Waals surface area contributed by atoms with Crippen molar-refractivity contribution in [1.29, 1.82) is 0 Å². The predicted octanol–water partition coefficient (Wildman–Crippen LogP) is 4.86. The normalized spacial score (nSPS) is 10.3. The van der Waals surface area contributed by atoms with E-state index in [1.165, 1.54) is 5.56 Å². The van der Waals surface area contributed by atoms with Crippen molar-refractivity contribution in [3.8, 4) is 5.75 Å². The Kier molecular flexibility index (Phi) is 6.01. The molecule has 3 nitrogen and oxygen atoms in total. The fraction of sp³-hybridized carbons (Fsp3) is 0.278. The van der Waals surface area contributed by atoms with Crippen LogP contribution in [0.2, 0.25) is 0 Å². The van der Waals surface area contributed by atoms with Gasteiger partial charge in [0.15, 0.2) is 0 Å². The lowest BCUT2D eigenvalue weighted by atomic mass is 10.1. The first-order valence-electron chi connectivity index (χ1n) is 7.30. The zero-order valence-corrected chi connectivity index (χ0v) is 14.4. The maximum Gasteiger partial charge on any atom is 0.224 e. The van der Waals surface area contributed by atoms with Crippen molar-refractivity contribution in [2.24, 2.45) is 0 Å². The van der Waals surface area contributed by atoms with Crippen molar-refractivity contribution in [2.75, 3.05) is 11.9 Å². The van der Waals surface area contributed by atoms with Gasteiger partial charge in [0.2, 0.25) is 5.91 Å². The number of benzene rings is 2. The standard InChI is InChI=1S/C18H20BrNO2/c1-13-5-10-17(14(2)12-13)22-11-3-4-18(21)20-16-8-6-15(19)7-9-16/h5-10,12H,3-4,11H2,1-2H3,(H,20,21). The fourth-order valence-electron chi connectivity index (χ4n) is 2.13. The molecule has 0 aromatic heterocycles. The Morgan fingerprint density at radius 3 is 2.55 bits per heavy atom. The van der Waals surface area contributed by atoms with Crippen molar-refractivity contribution < 1.29 is 9.53 Å². The van der Waals surface area contributed by atoms with Gasteiger partial charge in [0.25, 0.3) is 0 Å². The highest BCUT2D eigenvalue weighted by Gasteiger charge is 2.04. The predicted molar refractivity (Wildman–Crippen MR) is 93.4 cm³/mol. The van der Waals surface area contributed by atoms with Crippen molar-refractivity contribution in [1.82, 2.24) is 0 Å². The molecule has 0 unspecified atom stereocenters. The molecule has 0 radical (unpaired) electrons. The van der Waals surface area contributed by atoms with Crippen molar-refractivity contribution in [2.45, 2.75) is 26.7 Å². The molecule has 1 amide bonds. The first kappa shape index (κ1) is 16.6. The number of carbonyl (C=O) groups excluding carboxylic acids is 1. The molecule has 0 fully saturated rings. The van der Waals surface area contributed by atoms with Gasteiger partial charge in [-0.25, -0.2) is 0 Å². The van der Waals surface area contributed by atoms with E-state index in [0.29, 0.717) is 19.4 Å². The maximum atomic E-state index is 11.8. The Morgan fingerprint density at radius 2 is 1.86 bits per heavy atom. The summed E-state index contributed by atoms with van der Waals surface area (Å²) in [6.45, 7) is 4.63. The molecule has 0 heterocycles. The second-order valence-electron chi connectivity index (χ2n) is 5.28. The number of carbonyl (C=O) groups is 1.